The number of hydrogen-bond acceptors (Lipinski definition) is 4. The SMILES string of the molecule is O=C1NC(=NC2CCCCC2)SC1=Cc1ccc(Cl)s1. The normalized spacial score (nSPS) is 24.6. The summed E-state index contributed by atoms with van der Waals surface area (Å²) < 4.78 is 0.733. The molecule has 2 fully saturated rings. The molecule has 1 saturated carbocycles. The lowest BCUT2D eigenvalue weighted by molar-refractivity contribution is -0.115. The molecule has 1 saturated heterocycles. The van der Waals surface area contributed by atoms with Crippen molar-refractivity contribution in [1.82, 2.24) is 5.32 Å². The highest BCUT2D eigenvalue weighted by atomic mass is 35.5. The molecule has 1 N–H and O–H groups in total. The highest BCUT2D eigenvalue weighted by Gasteiger charge is 2.25. The second kappa shape index (κ2) is 6.33. The number of rotatable bonds is 2. The lowest BCUT2D eigenvalue weighted by Gasteiger charge is -2.17. The quantitative estimate of drug-likeness (QED) is 0.823. The summed E-state index contributed by atoms with van der Waals surface area (Å²) in [4.78, 5) is 18.3. The van der Waals surface area contributed by atoms with Crippen molar-refractivity contribution < 1.29 is 4.79 Å². The van der Waals surface area contributed by atoms with Crippen LogP contribution in [0.1, 0.15) is 37.0 Å². The monoisotopic (exact) mass is 326 g/mol. The first kappa shape index (κ1) is 14.2. The molecule has 3 nitrogen and oxygen atoms in total. The van der Waals surface area contributed by atoms with Gasteiger partial charge in [-0.05, 0) is 42.8 Å². The molecule has 0 spiro atoms. The number of amides is 1. The van der Waals surface area contributed by atoms with Gasteiger partial charge in [0, 0.05) is 4.88 Å². The van der Waals surface area contributed by atoms with Crippen LogP contribution in [-0.4, -0.2) is 17.1 Å². The predicted molar refractivity (Wildman–Crippen MR) is 87.3 cm³/mol. The molecule has 1 aliphatic carbocycles. The first-order valence-electron chi connectivity index (χ1n) is 6.75. The number of hydrogen-bond donors (Lipinski definition) is 1. The fourth-order valence-corrected chi connectivity index (χ4v) is 4.36. The Morgan fingerprint density at radius 3 is 2.80 bits per heavy atom. The van der Waals surface area contributed by atoms with Crippen LogP contribution in [0, 0.1) is 0 Å². The topological polar surface area (TPSA) is 41.5 Å². The van der Waals surface area contributed by atoms with E-state index in [-0.39, 0.29) is 5.91 Å². The number of nitrogens with one attached hydrogen (secondary N) is 1. The second-order valence-electron chi connectivity index (χ2n) is 4.93. The van der Waals surface area contributed by atoms with Crippen LogP contribution in [0.15, 0.2) is 22.0 Å². The van der Waals surface area contributed by atoms with Crippen molar-refractivity contribution >= 4 is 51.9 Å². The summed E-state index contributed by atoms with van der Waals surface area (Å²) in [5, 5.41) is 3.60. The van der Waals surface area contributed by atoms with Gasteiger partial charge in [-0.1, -0.05) is 30.9 Å². The molecule has 1 aromatic rings. The molecule has 6 heteroatoms. The molecular formula is C14H15ClN2OS2. The van der Waals surface area contributed by atoms with Crippen molar-refractivity contribution in [1.29, 1.82) is 0 Å². The number of thiophene rings is 1. The number of carbonyl (C=O) groups is 1. The number of aliphatic imine (C=N–C) groups is 1. The molecule has 2 heterocycles. The van der Waals surface area contributed by atoms with E-state index in [0.717, 1.165) is 27.2 Å². The van der Waals surface area contributed by atoms with Crippen LogP contribution >= 0.6 is 34.7 Å². The molecule has 3 rings (SSSR count). The molecule has 0 radical (unpaired) electrons. The summed E-state index contributed by atoms with van der Waals surface area (Å²) in [6.07, 6.45) is 7.96. The average Bonchev–Trinajstić information content (AvgIpc) is 2.98. The lowest BCUT2D eigenvalue weighted by atomic mass is 9.96. The number of halogens is 1. The summed E-state index contributed by atoms with van der Waals surface area (Å²) in [7, 11) is 0. The Hall–Kier alpha value is -0.780. The van der Waals surface area contributed by atoms with Gasteiger partial charge in [-0.3, -0.25) is 9.79 Å². The summed E-state index contributed by atoms with van der Waals surface area (Å²) in [5.41, 5.74) is 0. The summed E-state index contributed by atoms with van der Waals surface area (Å²) in [6.45, 7) is 0. The summed E-state index contributed by atoms with van der Waals surface area (Å²) in [5.74, 6) is -0.0610. The second-order valence-corrected chi connectivity index (χ2v) is 7.71. The number of thioether (sulfide) groups is 1. The number of nitrogens with zero attached hydrogens (tertiary/aromatic N) is 1. The first-order chi connectivity index (χ1) is 9.70. The zero-order valence-corrected chi connectivity index (χ0v) is 13.3. The van der Waals surface area contributed by atoms with E-state index in [2.05, 4.69) is 10.3 Å². The van der Waals surface area contributed by atoms with Gasteiger partial charge in [0.15, 0.2) is 5.17 Å². The average molecular weight is 327 g/mol. The lowest BCUT2D eigenvalue weighted by Crippen LogP contribution is -2.22. The van der Waals surface area contributed by atoms with Gasteiger partial charge in [-0.25, -0.2) is 0 Å². The van der Waals surface area contributed by atoms with Crippen molar-refractivity contribution in [3.05, 3.63) is 26.3 Å². The van der Waals surface area contributed by atoms with Crippen LogP contribution in [0.3, 0.4) is 0 Å². The molecule has 0 bridgehead atoms. The van der Waals surface area contributed by atoms with Gasteiger partial charge in [0.05, 0.1) is 15.3 Å². The molecular weight excluding hydrogens is 312 g/mol. The van der Waals surface area contributed by atoms with Crippen LogP contribution in [0.25, 0.3) is 6.08 Å². The standard InChI is InChI=1S/C14H15ClN2OS2/c15-12-7-6-10(19-12)8-11-13(18)17-14(20-11)16-9-4-2-1-3-5-9/h6-9H,1-5H2,(H,16,17,18). The van der Waals surface area contributed by atoms with Crippen LogP contribution in [0.5, 0.6) is 0 Å². The van der Waals surface area contributed by atoms with Crippen molar-refractivity contribution in [3.8, 4) is 0 Å². The van der Waals surface area contributed by atoms with E-state index in [1.165, 1.54) is 42.4 Å². The summed E-state index contributed by atoms with van der Waals surface area (Å²) in [6, 6.07) is 4.14. The van der Waals surface area contributed by atoms with Gasteiger partial charge in [0.1, 0.15) is 0 Å². The maximum atomic E-state index is 11.9. The Morgan fingerprint density at radius 2 is 2.10 bits per heavy atom. The van der Waals surface area contributed by atoms with Gasteiger partial charge in [-0.15, -0.1) is 11.3 Å². The Morgan fingerprint density at radius 1 is 1.30 bits per heavy atom. The Kier molecular flexibility index (Phi) is 4.48. The largest absolute Gasteiger partial charge is 0.301 e. The van der Waals surface area contributed by atoms with Gasteiger partial charge >= 0.3 is 0 Å². The van der Waals surface area contributed by atoms with Crippen molar-refractivity contribution in [2.75, 3.05) is 0 Å². The zero-order chi connectivity index (χ0) is 13.9. The van der Waals surface area contributed by atoms with Crippen molar-refractivity contribution in [3.63, 3.8) is 0 Å². The van der Waals surface area contributed by atoms with Crippen LogP contribution in [-0.2, 0) is 4.79 Å². The Labute approximate surface area is 131 Å². The van der Waals surface area contributed by atoms with Gasteiger partial charge < -0.3 is 5.32 Å². The van der Waals surface area contributed by atoms with E-state index in [0.29, 0.717) is 10.9 Å². The molecule has 1 aromatic heterocycles. The highest BCUT2D eigenvalue weighted by molar-refractivity contribution is 8.18. The van der Waals surface area contributed by atoms with E-state index in [4.69, 9.17) is 11.6 Å². The molecule has 106 valence electrons. The molecule has 0 aromatic carbocycles. The van der Waals surface area contributed by atoms with Gasteiger partial charge in [-0.2, -0.15) is 0 Å². The van der Waals surface area contributed by atoms with E-state index in [1.54, 1.807) is 0 Å². The first-order valence-corrected chi connectivity index (χ1v) is 8.76. The van der Waals surface area contributed by atoms with Crippen LogP contribution in [0.2, 0.25) is 4.34 Å². The third kappa shape index (κ3) is 3.45. The Balaban J connectivity index is 1.71. The summed E-state index contributed by atoms with van der Waals surface area (Å²) >= 11 is 8.80. The van der Waals surface area contributed by atoms with Crippen molar-refractivity contribution in [2.24, 2.45) is 4.99 Å². The molecule has 2 aliphatic rings. The van der Waals surface area contributed by atoms with E-state index in [9.17, 15) is 4.79 Å². The van der Waals surface area contributed by atoms with Crippen LogP contribution in [0.4, 0.5) is 0 Å². The maximum Gasteiger partial charge on any atom is 0.264 e. The maximum absolute atomic E-state index is 11.9. The smallest absolute Gasteiger partial charge is 0.264 e. The molecule has 0 unspecified atom stereocenters. The molecule has 0 atom stereocenters. The predicted octanol–water partition coefficient (Wildman–Crippen LogP) is 4.29. The number of carbonyl (C=O) groups excluding carboxylic acids is 1. The van der Waals surface area contributed by atoms with Crippen molar-refractivity contribution in [2.45, 2.75) is 38.1 Å². The third-order valence-corrected chi connectivity index (χ3v) is 5.49. The van der Waals surface area contributed by atoms with Crippen LogP contribution < -0.4 is 5.32 Å². The molecule has 1 amide bonds. The fourth-order valence-electron chi connectivity index (χ4n) is 2.40. The highest BCUT2D eigenvalue weighted by Crippen LogP contribution is 2.31. The minimum atomic E-state index is -0.0610. The Bertz CT molecular complexity index is 573. The zero-order valence-electron chi connectivity index (χ0n) is 10.9. The minimum Gasteiger partial charge on any atom is -0.301 e. The number of amidine groups is 1. The molecule has 1 aliphatic heterocycles. The molecule has 20 heavy (non-hydrogen) atoms. The van der Waals surface area contributed by atoms with E-state index in [1.807, 2.05) is 18.2 Å². The van der Waals surface area contributed by atoms with Gasteiger partial charge in [0.2, 0.25) is 0 Å². The fraction of sp³-hybridized carbons (Fsp3) is 0.429. The minimum absolute atomic E-state index is 0.0610. The van der Waals surface area contributed by atoms with E-state index >= 15 is 0 Å². The van der Waals surface area contributed by atoms with E-state index < -0.39 is 0 Å². The third-order valence-electron chi connectivity index (χ3n) is 3.39. The van der Waals surface area contributed by atoms with Gasteiger partial charge in [0.25, 0.3) is 5.91 Å².